The summed E-state index contributed by atoms with van der Waals surface area (Å²) in [4.78, 5) is 11.4. The van der Waals surface area contributed by atoms with E-state index in [4.69, 9.17) is 0 Å². The Balaban J connectivity index is 2.00. The monoisotopic (exact) mass is 269 g/mol. The molecule has 0 saturated carbocycles. The summed E-state index contributed by atoms with van der Waals surface area (Å²) in [6.07, 6.45) is 3.73. The second kappa shape index (κ2) is 5.49. The quantitative estimate of drug-likeness (QED) is 0.910. The molecular formula is C16H19N3O. The van der Waals surface area contributed by atoms with Crippen LogP contribution in [0.25, 0.3) is 11.4 Å². The molecule has 4 nitrogen and oxygen atoms in total. The maximum atomic E-state index is 9.96. The molecule has 1 saturated heterocycles. The Morgan fingerprint density at radius 1 is 1.05 bits per heavy atom. The molecule has 0 amide bonds. The smallest absolute Gasteiger partial charge is 0.165 e. The molecular weight excluding hydrogens is 250 g/mol. The van der Waals surface area contributed by atoms with Gasteiger partial charge in [0.25, 0.3) is 0 Å². The van der Waals surface area contributed by atoms with Crippen LogP contribution in [0.1, 0.15) is 25.0 Å². The van der Waals surface area contributed by atoms with Crippen molar-refractivity contribution in [3.63, 3.8) is 0 Å². The zero-order valence-corrected chi connectivity index (χ0v) is 11.7. The first-order valence-corrected chi connectivity index (χ1v) is 7.13. The lowest BCUT2D eigenvalue weighted by Gasteiger charge is -2.28. The minimum atomic E-state index is 0.225. The van der Waals surface area contributed by atoms with Gasteiger partial charge in [0.15, 0.2) is 5.82 Å². The van der Waals surface area contributed by atoms with Crippen molar-refractivity contribution in [1.82, 2.24) is 9.97 Å². The lowest BCUT2D eigenvalue weighted by Crippen LogP contribution is -2.30. The van der Waals surface area contributed by atoms with Gasteiger partial charge in [0.05, 0.1) is 5.56 Å². The molecule has 0 spiro atoms. The zero-order valence-electron chi connectivity index (χ0n) is 11.7. The zero-order chi connectivity index (χ0) is 13.9. The van der Waals surface area contributed by atoms with Crippen molar-refractivity contribution in [2.45, 2.75) is 26.2 Å². The summed E-state index contributed by atoms with van der Waals surface area (Å²) >= 11 is 0. The largest absolute Gasteiger partial charge is 0.507 e. The Labute approximate surface area is 119 Å². The molecule has 104 valence electrons. The lowest BCUT2D eigenvalue weighted by molar-refractivity contribution is 0.477. The number of aromatic hydroxyl groups is 1. The average Bonchev–Trinajstić information content (AvgIpc) is 2.48. The normalized spacial score (nSPS) is 15.3. The number of aryl methyl sites for hydroxylation is 1. The molecule has 0 atom stereocenters. The van der Waals surface area contributed by atoms with Gasteiger partial charge in [-0.15, -0.1) is 0 Å². The molecule has 2 aromatic rings. The molecule has 0 radical (unpaired) electrons. The van der Waals surface area contributed by atoms with Gasteiger partial charge in [-0.05, 0) is 38.3 Å². The molecule has 1 aromatic heterocycles. The molecule has 1 N–H and O–H groups in total. The molecule has 0 unspecified atom stereocenters. The first kappa shape index (κ1) is 12.9. The van der Waals surface area contributed by atoms with E-state index in [2.05, 4.69) is 14.9 Å². The van der Waals surface area contributed by atoms with E-state index in [1.54, 1.807) is 12.1 Å². The number of anilines is 1. The average molecular weight is 269 g/mol. The van der Waals surface area contributed by atoms with Gasteiger partial charge in [-0.3, -0.25) is 0 Å². The number of nitrogens with zero attached hydrogens (tertiary/aromatic N) is 3. The fourth-order valence-corrected chi connectivity index (χ4v) is 2.62. The Kier molecular flexibility index (Phi) is 3.54. The Bertz CT molecular complexity index is 606. The summed E-state index contributed by atoms with van der Waals surface area (Å²) in [6.45, 7) is 4.08. The van der Waals surface area contributed by atoms with Crippen LogP contribution in [0, 0.1) is 6.92 Å². The maximum Gasteiger partial charge on any atom is 0.165 e. The number of hydrogen-bond acceptors (Lipinski definition) is 4. The van der Waals surface area contributed by atoms with E-state index >= 15 is 0 Å². The second-order valence-electron chi connectivity index (χ2n) is 5.26. The SMILES string of the molecule is Cc1cc(N2CCCCC2)nc(-c2ccccc2O)n1. The first-order valence-electron chi connectivity index (χ1n) is 7.13. The fraction of sp³-hybridized carbons (Fsp3) is 0.375. The van der Waals surface area contributed by atoms with Gasteiger partial charge in [0.1, 0.15) is 11.6 Å². The van der Waals surface area contributed by atoms with Gasteiger partial charge in [-0.25, -0.2) is 9.97 Å². The minimum Gasteiger partial charge on any atom is -0.507 e. The Hall–Kier alpha value is -2.10. The van der Waals surface area contributed by atoms with E-state index in [-0.39, 0.29) is 5.75 Å². The van der Waals surface area contributed by atoms with Crippen LogP contribution >= 0.6 is 0 Å². The van der Waals surface area contributed by atoms with Crippen molar-refractivity contribution >= 4 is 5.82 Å². The fourth-order valence-electron chi connectivity index (χ4n) is 2.62. The highest BCUT2D eigenvalue weighted by atomic mass is 16.3. The van der Waals surface area contributed by atoms with Crippen molar-refractivity contribution < 1.29 is 5.11 Å². The van der Waals surface area contributed by atoms with Crippen LogP contribution in [0.15, 0.2) is 30.3 Å². The molecule has 4 heteroatoms. The number of para-hydroxylation sites is 1. The first-order chi connectivity index (χ1) is 9.74. The van der Waals surface area contributed by atoms with Gasteiger partial charge in [-0.1, -0.05) is 12.1 Å². The number of hydrogen-bond donors (Lipinski definition) is 1. The molecule has 2 heterocycles. The Morgan fingerprint density at radius 2 is 1.80 bits per heavy atom. The summed E-state index contributed by atoms with van der Waals surface area (Å²) in [7, 11) is 0. The molecule has 0 bridgehead atoms. The van der Waals surface area contributed by atoms with Crippen LogP contribution < -0.4 is 4.90 Å². The number of phenolic OH excluding ortho intramolecular Hbond substituents is 1. The van der Waals surface area contributed by atoms with Gasteiger partial charge in [-0.2, -0.15) is 0 Å². The third-order valence-corrected chi connectivity index (χ3v) is 3.67. The third kappa shape index (κ3) is 2.59. The Morgan fingerprint density at radius 3 is 2.55 bits per heavy atom. The molecule has 3 rings (SSSR count). The third-order valence-electron chi connectivity index (χ3n) is 3.67. The van der Waals surface area contributed by atoms with Crippen LogP contribution in [-0.4, -0.2) is 28.2 Å². The van der Waals surface area contributed by atoms with Crippen molar-refractivity contribution in [2.75, 3.05) is 18.0 Å². The van der Waals surface area contributed by atoms with Crippen LogP contribution in [0.2, 0.25) is 0 Å². The van der Waals surface area contributed by atoms with Crippen LogP contribution in [-0.2, 0) is 0 Å². The minimum absolute atomic E-state index is 0.225. The van der Waals surface area contributed by atoms with Crippen LogP contribution in [0.5, 0.6) is 5.75 Å². The number of piperidine rings is 1. The predicted molar refractivity (Wildman–Crippen MR) is 79.9 cm³/mol. The van der Waals surface area contributed by atoms with Crippen molar-refractivity contribution in [3.05, 3.63) is 36.0 Å². The molecule has 1 fully saturated rings. The van der Waals surface area contributed by atoms with Gasteiger partial charge in [0.2, 0.25) is 0 Å². The molecule has 1 aliphatic rings. The topological polar surface area (TPSA) is 49.2 Å². The van der Waals surface area contributed by atoms with Crippen LogP contribution in [0.4, 0.5) is 5.82 Å². The van der Waals surface area contributed by atoms with Crippen molar-refractivity contribution in [2.24, 2.45) is 0 Å². The van der Waals surface area contributed by atoms with E-state index in [0.717, 1.165) is 24.6 Å². The highest BCUT2D eigenvalue weighted by Crippen LogP contribution is 2.28. The summed E-state index contributed by atoms with van der Waals surface area (Å²) in [5.41, 5.74) is 1.62. The van der Waals surface area contributed by atoms with E-state index < -0.39 is 0 Å². The van der Waals surface area contributed by atoms with Crippen LogP contribution in [0.3, 0.4) is 0 Å². The van der Waals surface area contributed by atoms with Crippen molar-refractivity contribution in [3.8, 4) is 17.1 Å². The summed E-state index contributed by atoms with van der Waals surface area (Å²) in [5.74, 6) is 1.79. The van der Waals surface area contributed by atoms with E-state index in [1.165, 1.54) is 19.3 Å². The van der Waals surface area contributed by atoms with Crippen molar-refractivity contribution in [1.29, 1.82) is 0 Å². The summed E-state index contributed by atoms with van der Waals surface area (Å²) < 4.78 is 0. The molecule has 0 aliphatic carbocycles. The van der Waals surface area contributed by atoms with Gasteiger partial charge in [0, 0.05) is 24.8 Å². The van der Waals surface area contributed by atoms with E-state index in [9.17, 15) is 5.11 Å². The summed E-state index contributed by atoms with van der Waals surface area (Å²) in [5, 5.41) is 9.96. The molecule has 1 aromatic carbocycles. The summed E-state index contributed by atoms with van der Waals surface area (Å²) in [6, 6.07) is 9.24. The second-order valence-corrected chi connectivity index (χ2v) is 5.26. The van der Waals surface area contributed by atoms with E-state index in [0.29, 0.717) is 11.4 Å². The van der Waals surface area contributed by atoms with Gasteiger partial charge < -0.3 is 10.0 Å². The highest BCUT2D eigenvalue weighted by molar-refractivity contribution is 5.65. The highest BCUT2D eigenvalue weighted by Gasteiger charge is 2.15. The predicted octanol–water partition coefficient (Wildman–Crippen LogP) is 3.15. The number of phenols is 1. The lowest BCUT2D eigenvalue weighted by atomic mass is 10.1. The van der Waals surface area contributed by atoms with Gasteiger partial charge >= 0.3 is 0 Å². The number of aromatic nitrogens is 2. The standard InChI is InChI=1S/C16H19N3O/c1-12-11-15(19-9-5-2-6-10-19)18-16(17-12)13-7-3-4-8-14(13)20/h3-4,7-8,11,20H,2,5-6,9-10H2,1H3. The molecule has 20 heavy (non-hydrogen) atoms. The van der Waals surface area contributed by atoms with E-state index in [1.807, 2.05) is 25.1 Å². The molecule has 1 aliphatic heterocycles. The maximum absolute atomic E-state index is 9.96. The number of rotatable bonds is 2. The number of benzene rings is 1.